The van der Waals surface area contributed by atoms with Crippen molar-refractivity contribution in [3.05, 3.63) is 29.3 Å². The van der Waals surface area contributed by atoms with Gasteiger partial charge in [-0.2, -0.15) is 0 Å². The first-order valence-electron chi connectivity index (χ1n) is 7.64. The first-order chi connectivity index (χ1) is 9.26. The predicted octanol–water partition coefficient (Wildman–Crippen LogP) is 4.23. The van der Waals surface area contributed by atoms with Gasteiger partial charge in [0.05, 0.1) is 7.11 Å². The van der Waals surface area contributed by atoms with Crippen LogP contribution < -0.4 is 10.1 Å². The highest BCUT2D eigenvalue weighted by molar-refractivity contribution is 5.37. The Morgan fingerprint density at radius 1 is 1.32 bits per heavy atom. The summed E-state index contributed by atoms with van der Waals surface area (Å²) in [5, 5.41) is 3.77. The molecular weight excluding hydrogens is 234 g/mol. The lowest BCUT2D eigenvalue weighted by molar-refractivity contribution is 0.366. The molecule has 1 fully saturated rings. The molecular formula is C17H27NO. The van der Waals surface area contributed by atoms with Crippen LogP contribution in [0.25, 0.3) is 0 Å². The third-order valence-corrected chi connectivity index (χ3v) is 4.30. The normalized spacial score (nSPS) is 17.6. The fourth-order valence-corrected chi connectivity index (χ4v) is 3.25. The number of nitrogens with one attached hydrogen (secondary N) is 1. The summed E-state index contributed by atoms with van der Waals surface area (Å²) in [5.74, 6) is 1.76. The van der Waals surface area contributed by atoms with Gasteiger partial charge in [0.2, 0.25) is 0 Å². The number of aryl methyl sites for hydroxylation is 1. The minimum atomic E-state index is 0.522. The summed E-state index contributed by atoms with van der Waals surface area (Å²) in [6.45, 7) is 5.54. The molecule has 1 aromatic rings. The third kappa shape index (κ3) is 3.50. The zero-order valence-corrected chi connectivity index (χ0v) is 12.5. The summed E-state index contributed by atoms with van der Waals surface area (Å²) < 4.78 is 5.32. The first-order valence-corrected chi connectivity index (χ1v) is 7.64. The fraction of sp³-hybridized carbons (Fsp3) is 0.647. The average Bonchev–Trinajstić information content (AvgIpc) is 2.94. The molecule has 0 spiro atoms. The lowest BCUT2D eigenvalue weighted by Gasteiger charge is -2.27. The summed E-state index contributed by atoms with van der Waals surface area (Å²) in [6.07, 6.45) is 6.71. The van der Waals surface area contributed by atoms with E-state index in [2.05, 4.69) is 37.4 Å². The summed E-state index contributed by atoms with van der Waals surface area (Å²) in [5.41, 5.74) is 2.81. The zero-order valence-electron chi connectivity index (χ0n) is 12.5. The molecule has 2 heteroatoms. The van der Waals surface area contributed by atoms with Crippen LogP contribution in [0.2, 0.25) is 0 Å². The molecule has 106 valence electrons. The molecule has 0 amide bonds. The van der Waals surface area contributed by atoms with Crippen molar-refractivity contribution in [1.29, 1.82) is 0 Å². The molecule has 1 saturated carbocycles. The van der Waals surface area contributed by atoms with Gasteiger partial charge in [0.25, 0.3) is 0 Å². The molecule has 1 aliphatic rings. The Morgan fingerprint density at radius 3 is 2.63 bits per heavy atom. The molecule has 2 rings (SSSR count). The second-order valence-corrected chi connectivity index (χ2v) is 5.70. The van der Waals surface area contributed by atoms with Crippen LogP contribution in [0, 0.1) is 12.8 Å². The number of ether oxygens (including phenoxy) is 1. The number of hydrogen-bond donors (Lipinski definition) is 1. The average molecular weight is 261 g/mol. The van der Waals surface area contributed by atoms with Crippen LogP contribution in [-0.4, -0.2) is 13.7 Å². The summed E-state index contributed by atoms with van der Waals surface area (Å²) >= 11 is 0. The Bertz CT molecular complexity index is 396. The maximum Gasteiger partial charge on any atom is 0.119 e. The van der Waals surface area contributed by atoms with E-state index in [1.54, 1.807) is 7.11 Å². The van der Waals surface area contributed by atoms with Gasteiger partial charge < -0.3 is 10.1 Å². The van der Waals surface area contributed by atoms with E-state index in [-0.39, 0.29) is 0 Å². The lowest BCUT2D eigenvalue weighted by atomic mass is 9.89. The summed E-state index contributed by atoms with van der Waals surface area (Å²) in [4.78, 5) is 0. The second kappa shape index (κ2) is 6.95. The Hall–Kier alpha value is -1.02. The quantitative estimate of drug-likeness (QED) is 0.827. The lowest BCUT2D eigenvalue weighted by Crippen LogP contribution is -2.28. The zero-order chi connectivity index (χ0) is 13.7. The molecule has 1 unspecified atom stereocenters. The number of hydrogen-bond acceptors (Lipinski definition) is 2. The van der Waals surface area contributed by atoms with Crippen LogP contribution >= 0.6 is 0 Å². The van der Waals surface area contributed by atoms with E-state index in [0.717, 1.165) is 18.2 Å². The monoisotopic (exact) mass is 261 g/mol. The Balaban J connectivity index is 2.20. The molecule has 1 aliphatic carbocycles. The maximum atomic E-state index is 5.32. The van der Waals surface area contributed by atoms with Gasteiger partial charge in [-0.15, -0.1) is 0 Å². The molecule has 0 aliphatic heterocycles. The fourth-order valence-electron chi connectivity index (χ4n) is 3.25. The Morgan fingerprint density at radius 2 is 2.05 bits per heavy atom. The van der Waals surface area contributed by atoms with Gasteiger partial charge in [0, 0.05) is 6.04 Å². The molecule has 19 heavy (non-hydrogen) atoms. The highest BCUT2D eigenvalue weighted by Gasteiger charge is 2.26. The highest BCUT2D eigenvalue weighted by Crippen LogP contribution is 2.37. The molecule has 2 nitrogen and oxygen atoms in total. The molecule has 1 N–H and O–H groups in total. The number of rotatable bonds is 6. The van der Waals surface area contributed by atoms with Crippen LogP contribution in [0.4, 0.5) is 0 Å². The Labute approximate surface area is 117 Å². The van der Waals surface area contributed by atoms with Crippen molar-refractivity contribution >= 4 is 0 Å². The molecule has 0 aromatic heterocycles. The second-order valence-electron chi connectivity index (χ2n) is 5.70. The number of benzene rings is 1. The molecule has 1 atom stereocenters. The molecule has 0 bridgehead atoms. The van der Waals surface area contributed by atoms with E-state index in [1.807, 2.05) is 0 Å². The molecule has 0 radical (unpaired) electrons. The minimum Gasteiger partial charge on any atom is -0.497 e. The number of methoxy groups -OCH3 is 1. The summed E-state index contributed by atoms with van der Waals surface area (Å²) in [7, 11) is 1.73. The highest BCUT2D eigenvalue weighted by atomic mass is 16.5. The third-order valence-electron chi connectivity index (χ3n) is 4.30. The standard InChI is InChI=1S/C17H27NO/c1-4-11-18-17(14-7-5-6-8-14)16-10-9-15(19-3)12-13(16)2/h9-10,12,14,17-18H,4-8,11H2,1-3H3. The van der Waals surface area contributed by atoms with Crippen LogP contribution in [0.15, 0.2) is 18.2 Å². The van der Waals surface area contributed by atoms with Crippen LogP contribution in [0.1, 0.15) is 56.2 Å². The van der Waals surface area contributed by atoms with Crippen molar-refractivity contribution in [2.45, 2.75) is 52.0 Å². The van der Waals surface area contributed by atoms with Gasteiger partial charge in [-0.05, 0) is 61.9 Å². The van der Waals surface area contributed by atoms with Crippen molar-refractivity contribution in [2.24, 2.45) is 5.92 Å². The van der Waals surface area contributed by atoms with Crippen molar-refractivity contribution in [3.8, 4) is 5.75 Å². The maximum absolute atomic E-state index is 5.32. The van der Waals surface area contributed by atoms with E-state index in [1.165, 1.54) is 43.2 Å². The Kier molecular flexibility index (Phi) is 5.26. The predicted molar refractivity (Wildman–Crippen MR) is 80.7 cm³/mol. The summed E-state index contributed by atoms with van der Waals surface area (Å²) in [6, 6.07) is 7.02. The van der Waals surface area contributed by atoms with E-state index in [4.69, 9.17) is 4.74 Å². The topological polar surface area (TPSA) is 21.3 Å². The van der Waals surface area contributed by atoms with Gasteiger partial charge in [-0.25, -0.2) is 0 Å². The van der Waals surface area contributed by atoms with Crippen LogP contribution in [0.5, 0.6) is 5.75 Å². The van der Waals surface area contributed by atoms with Gasteiger partial charge >= 0.3 is 0 Å². The van der Waals surface area contributed by atoms with Crippen molar-refractivity contribution in [3.63, 3.8) is 0 Å². The van der Waals surface area contributed by atoms with E-state index >= 15 is 0 Å². The SMILES string of the molecule is CCCNC(c1ccc(OC)cc1C)C1CCCC1. The van der Waals surface area contributed by atoms with Crippen LogP contribution in [-0.2, 0) is 0 Å². The van der Waals surface area contributed by atoms with Gasteiger partial charge in [0.1, 0.15) is 5.75 Å². The van der Waals surface area contributed by atoms with Crippen molar-refractivity contribution in [2.75, 3.05) is 13.7 Å². The van der Waals surface area contributed by atoms with Gasteiger partial charge in [0.15, 0.2) is 0 Å². The first kappa shape index (κ1) is 14.4. The van der Waals surface area contributed by atoms with E-state index in [9.17, 15) is 0 Å². The van der Waals surface area contributed by atoms with E-state index in [0.29, 0.717) is 6.04 Å². The molecule has 1 aromatic carbocycles. The molecule has 0 heterocycles. The smallest absolute Gasteiger partial charge is 0.119 e. The van der Waals surface area contributed by atoms with Crippen molar-refractivity contribution < 1.29 is 4.74 Å². The van der Waals surface area contributed by atoms with Gasteiger partial charge in [-0.3, -0.25) is 0 Å². The van der Waals surface area contributed by atoms with E-state index < -0.39 is 0 Å². The molecule has 0 saturated heterocycles. The minimum absolute atomic E-state index is 0.522. The van der Waals surface area contributed by atoms with Gasteiger partial charge in [-0.1, -0.05) is 25.8 Å². The largest absolute Gasteiger partial charge is 0.497 e. The van der Waals surface area contributed by atoms with Crippen LogP contribution in [0.3, 0.4) is 0 Å². The van der Waals surface area contributed by atoms with Crippen molar-refractivity contribution in [1.82, 2.24) is 5.32 Å².